The van der Waals surface area contributed by atoms with Gasteiger partial charge in [0.25, 0.3) is 0 Å². The molecule has 9 nitrogen and oxygen atoms in total. The molecule has 0 aliphatic carbocycles. The molecule has 3 aromatic rings. The first-order chi connectivity index (χ1) is 14.3. The second-order valence-electron chi connectivity index (χ2n) is 6.80. The van der Waals surface area contributed by atoms with Crippen LogP contribution in [0, 0.1) is 5.92 Å². The molecule has 0 atom stereocenters. The summed E-state index contributed by atoms with van der Waals surface area (Å²) in [5, 5.41) is 15.5. The molecule has 1 aliphatic heterocycles. The lowest BCUT2D eigenvalue weighted by atomic mass is 9.96. The average molecular weight is 393 g/mol. The first kappa shape index (κ1) is 18.9. The molecule has 0 radical (unpaired) electrons. The van der Waals surface area contributed by atoms with Gasteiger partial charge in [-0.25, -0.2) is 9.67 Å². The van der Waals surface area contributed by atoms with E-state index in [1.165, 1.54) is 6.33 Å². The van der Waals surface area contributed by atoms with Gasteiger partial charge in [0.05, 0.1) is 6.54 Å². The number of hydrogen-bond donors (Lipinski definition) is 1. The minimum Gasteiger partial charge on any atom is -0.492 e. The normalized spacial score (nSPS) is 14.6. The second kappa shape index (κ2) is 9.13. The number of aromatic nitrogens is 5. The van der Waals surface area contributed by atoms with Crippen molar-refractivity contribution in [3.05, 3.63) is 55.1 Å². The lowest BCUT2D eigenvalue weighted by molar-refractivity contribution is -0.125. The Morgan fingerprint density at radius 1 is 1.07 bits per heavy atom. The van der Waals surface area contributed by atoms with Crippen LogP contribution in [0.1, 0.15) is 12.8 Å². The van der Waals surface area contributed by atoms with Gasteiger partial charge in [0, 0.05) is 19.0 Å². The van der Waals surface area contributed by atoms with E-state index in [4.69, 9.17) is 4.74 Å². The zero-order valence-electron chi connectivity index (χ0n) is 16.0. The molecule has 9 heteroatoms. The zero-order valence-corrected chi connectivity index (χ0v) is 16.0. The van der Waals surface area contributed by atoms with Crippen LogP contribution < -0.4 is 15.0 Å². The SMILES string of the molecule is O=C(NCCOc1ccccc1)C1CCN(c2ccc(-n3cncn3)nn2)CC1. The van der Waals surface area contributed by atoms with E-state index in [0.29, 0.717) is 19.0 Å². The minimum atomic E-state index is 0.0188. The van der Waals surface area contributed by atoms with Crippen LogP contribution in [0.4, 0.5) is 5.82 Å². The molecule has 1 aromatic carbocycles. The van der Waals surface area contributed by atoms with Crippen molar-refractivity contribution >= 4 is 11.7 Å². The largest absolute Gasteiger partial charge is 0.492 e. The molecule has 2 aromatic heterocycles. The van der Waals surface area contributed by atoms with Crippen LogP contribution in [0.5, 0.6) is 5.75 Å². The first-order valence-electron chi connectivity index (χ1n) is 9.69. The molecule has 1 N–H and O–H groups in total. The van der Waals surface area contributed by atoms with Gasteiger partial charge in [0.15, 0.2) is 11.6 Å². The fraction of sp³-hybridized carbons (Fsp3) is 0.350. The number of hydrogen-bond acceptors (Lipinski definition) is 7. The van der Waals surface area contributed by atoms with Gasteiger partial charge in [-0.15, -0.1) is 10.2 Å². The highest BCUT2D eigenvalue weighted by molar-refractivity contribution is 5.78. The summed E-state index contributed by atoms with van der Waals surface area (Å²) in [7, 11) is 0. The summed E-state index contributed by atoms with van der Waals surface area (Å²) in [6.07, 6.45) is 4.62. The Balaban J connectivity index is 1.20. The summed E-state index contributed by atoms with van der Waals surface area (Å²) in [5.41, 5.74) is 0. The third kappa shape index (κ3) is 4.87. The van der Waals surface area contributed by atoms with E-state index in [2.05, 4.69) is 30.5 Å². The molecule has 0 unspecified atom stereocenters. The van der Waals surface area contributed by atoms with Crippen molar-refractivity contribution in [2.45, 2.75) is 12.8 Å². The van der Waals surface area contributed by atoms with Crippen molar-refractivity contribution in [3.63, 3.8) is 0 Å². The highest BCUT2D eigenvalue weighted by Gasteiger charge is 2.25. The number of amides is 1. The molecular formula is C20H23N7O2. The molecular weight excluding hydrogens is 370 g/mol. The van der Waals surface area contributed by atoms with Gasteiger partial charge >= 0.3 is 0 Å². The van der Waals surface area contributed by atoms with Crippen LogP contribution in [-0.4, -0.2) is 57.1 Å². The molecule has 29 heavy (non-hydrogen) atoms. The molecule has 1 amide bonds. The van der Waals surface area contributed by atoms with Gasteiger partial charge < -0.3 is 15.0 Å². The Bertz CT molecular complexity index is 892. The van der Waals surface area contributed by atoms with Gasteiger partial charge in [-0.1, -0.05) is 18.2 Å². The molecule has 4 rings (SSSR count). The van der Waals surface area contributed by atoms with E-state index in [-0.39, 0.29) is 11.8 Å². The Morgan fingerprint density at radius 2 is 1.83 bits per heavy atom. The van der Waals surface area contributed by atoms with E-state index in [9.17, 15) is 4.79 Å². The molecule has 0 bridgehead atoms. The van der Waals surface area contributed by atoms with Crippen LogP contribution in [0.3, 0.4) is 0 Å². The summed E-state index contributed by atoms with van der Waals surface area (Å²) in [6, 6.07) is 13.4. The molecule has 1 fully saturated rings. The number of carbonyl (C=O) groups excluding carboxylic acids is 1. The van der Waals surface area contributed by atoms with Crippen molar-refractivity contribution in [2.24, 2.45) is 5.92 Å². The van der Waals surface area contributed by atoms with Crippen LogP contribution in [0.2, 0.25) is 0 Å². The molecule has 150 valence electrons. The van der Waals surface area contributed by atoms with Crippen LogP contribution >= 0.6 is 0 Å². The highest BCUT2D eigenvalue weighted by atomic mass is 16.5. The Hall–Kier alpha value is -3.49. The van der Waals surface area contributed by atoms with E-state index in [1.807, 2.05) is 42.5 Å². The predicted molar refractivity (Wildman–Crippen MR) is 107 cm³/mol. The number of nitrogens with zero attached hydrogens (tertiary/aromatic N) is 6. The Morgan fingerprint density at radius 3 is 2.52 bits per heavy atom. The number of anilines is 1. The topological polar surface area (TPSA) is 98.1 Å². The predicted octanol–water partition coefficient (Wildman–Crippen LogP) is 1.47. The van der Waals surface area contributed by atoms with Crippen LogP contribution in [-0.2, 0) is 4.79 Å². The van der Waals surface area contributed by atoms with Crippen molar-refractivity contribution in [3.8, 4) is 11.6 Å². The third-order valence-electron chi connectivity index (χ3n) is 4.89. The van der Waals surface area contributed by atoms with Gasteiger partial charge in [-0.05, 0) is 37.1 Å². The fourth-order valence-corrected chi connectivity index (χ4v) is 3.31. The number of rotatable bonds is 7. The van der Waals surface area contributed by atoms with Crippen molar-refractivity contribution in [2.75, 3.05) is 31.1 Å². The quantitative estimate of drug-likeness (QED) is 0.607. The van der Waals surface area contributed by atoms with Gasteiger partial charge in [0.1, 0.15) is 25.0 Å². The maximum Gasteiger partial charge on any atom is 0.223 e. The fourth-order valence-electron chi connectivity index (χ4n) is 3.31. The third-order valence-corrected chi connectivity index (χ3v) is 4.89. The molecule has 1 saturated heterocycles. The number of piperidine rings is 1. The maximum atomic E-state index is 12.4. The summed E-state index contributed by atoms with van der Waals surface area (Å²) in [4.78, 5) is 18.5. The molecule has 1 aliphatic rings. The minimum absolute atomic E-state index is 0.0188. The van der Waals surface area contributed by atoms with Gasteiger partial charge in [-0.3, -0.25) is 4.79 Å². The average Bonchev–Trinajstić information content (AvgIpc) is 3.33. The number of nitrogens with one attached hydrogen (secondary N) is 1. The lowest BCUT2D eigenvalue weighted by Gasteiger charge is -2.31. The smallest absolute Gasteiger partial charge is 0.223 e. The number of para-hydroxylation sites is 1. The van der Waals surface area contributed by atoms with E-state index in [0.717, 1.165) is 37.5 Å². The number of ether oxygens (including phenoxy) is 1. The monoisotopic (exact) mass is 393 g/mol. The molecule has 0 spiro atoms. The highest BCUT2D eigenvalue weighted by Crippen LogP contribution is 2.22. The second-order valence-corrected chi connectivity index (χ2v) is 6.80. The maximum absolute atomic E-state index is 12.4. The first-order valence-corrected chi connectivity index (χ1v) is 9.69. The Kier molecular flexibility index (Phi) is 5.94. The standard InChI is InChI=1S/C20H23N7O2/c28-20(22-10-13-29-17-4-2-1-3-5-17)16-8-11-26(12-9-16)18-6-7-19(25-24-18)27-15-21-14-23-27/h1-7,14-16H,8-13H2,(H,22,28). The van der Waals surface area contributed by atoms with Crippen molar-refractivity contribution in [1.82, 2.24) is 30.3 Å². The lowest BCUT2D eigenvalue weighted by Crippen LogP contribution is -2.41. The van der Waals surface area contributed by atoms with Gasteiger partial charge in [0.2, 0.25) is 5.91 Å². The van der Waals surface area contributed by atoms with Crippen LogP contribution in [0.25, 0.3) is 5.82 Å². The van der Waals surface area contributed by atoms with Crippen molar-refractivity contribution in [1.29, 1.82) is 0 Å². The zero-order chi connectivity index (χ0) is 19.9. The number of benzene rings is 1. The van der Waals surface area contributed by atoms with E-state index >= 15 is 0 Å². The summed E-state index contributed by atoms with van der Waals surface area (Å²) >= 11 is 0. The van der Waals surface area contributed by atoms with Crippen molar-refractivity contribution < 1.29 is 9.53 Å². The summed E-state index contributed by atoms with van der Waals surface area (Å²) < 4.78 is 7.17. The Labute approximate surface area is 168 Å². The van der Waals surface area contributed by atoms with Crippen LogP contribution in [0.15, 0.2) is 55.1 Å². The summed E-state index contributed by atoms with van der Waals surface area (Å²) in [5.74, 6) is 2.35. The summed E-state index contributed by atoms with van der Waals surface area (Å²) in [6.45, 7) is 2.51. The molecule has 0 saturated carbocycles. The van der Waals surface area contributed by atoms with Gasteiger partial charge in [-0.2, -0.15) is 5.10 Å². The van der Waals surface area contributed by atoms with E-state index < -0.39 is 0 Å². The molecule has 3 heterocycles. The number of carbonyl (C=O) groups is 1. The van der Waals surface area contributed by atoms with E-state index in [1.54, 1.807) is 11.0 Å².